The second-order valence-corrected chi connectivity index (χ2v) is 4.76. The van der Waals surface area contributed by atoms with E-state index in [2.05, 4.69) is 37.9 Å². The van der Waals surface area contributed by atoms with Crippen molar-refractivity contribution in [2.24, 2.45) is 0 Å². The summed E-state index contributed by atoms with van der Waals surface area (Å²) in [4.78, 5) is 2.24. The van der Waals surface area contributed by atoms with Gasteiger partial charge in [-0.05, 0) is 38.1 Å². The van der Waals surface area contributed by atoms with E-state index in [0.717, 1.165) is 11.4 Å². The molecule has 0 spiro atoms. The molecule has 0 aliphatic carbocycles. The maximum absolute atomic E-state index is 8.82. The van der Waals surface area contributed by atoms with Crippen LogP contribution in [0.5, 0.6) is 0 Å². The normalized spacial score (nSPS) is 14.4. The lowest BCUT2D eigenvalue weighted by Crippen LogP contribution is -2.33. The highest BCUT2D eigenvalue weighted by Crippen LogP contribution is 2.25. The highest BCUT2D eigenvalue weighted by Gasteiger charge is 2.19. The first kappa shape index (κ1) is 14.0. The predicted octanol–water partition coefficient (Wildman–Crippen LogP) is 4.03. The van der Waals surface area contributed by atoms with Gasteiger partial charge in [0.25, 0.3) is 0 Å². The molecule has 3 heteroatoms. The largest absolute Gasteiger partial charge is 0.296 e. The van der Waals surface area contributed by atoms with Crippen LogP contribution in [-0.4, -0.2) is 18.0 Å². The quantitative estimate of drug-likeness (QED) is 0.789. The summed E-state index contributed by atoms with van der Waals surface area (Å²) in [5, 5.41) is 9.58. The van der Waals surface area contributed by atoms with Crippen LogP contribution in [0.25, 0.3) is 0 Å². The van der Waals surface area contributed by atoms with Gasteiger partial charge in [0.1, 0.15) is 0 Å². The van der Waals surface area contributed by atoms with Crippen LogP contribution in [0.1, 0.15) is 38.3 Å². The number of hydrogen-bond acceptors (Lipinski definition) is 2. The van der Waals surface area contributed by atoms with Crippen LogP contribution in [0, 0.1) is 11.3 Å². The minimum atomic E-state index is 0.270. The molecule has 92 valence electrons. The van der Waals surface area contributed by atoms with E-state index >= 15 is 0 Å². The summed E-state index contributed by atoms with van der Waals surface area (Å²) in [6.07, 6.45) is 1.55. The maximum Gasteiger partial charge on any atom is 0.0638 e. The van der Waals surface area contributed by atoms with Crippen molar-refractivity contribution in [1.82, 2.24) is 4.90 Å². The topological polar surface area (TPSA) is 27.0 Å². The first-order valence-corrected chi connectivity index (χ1v) is 6.32. The highest BCUT2D eigenvalue weighted by atomic mass is 35.5. The number of benzene rings is 1. The van der Waals surface area contributed by atoms with Gasteiger partial charge in [-0.15, -0.1) is 0 Å². The van der Waals surface area contributed by atoms with Crippen molar-refractivity contribution in [2.75, 3.05) is 7.05 Å². The van der Waals surface area contributed by atoms with Crippen LogP contribution in [0.3, 0.4) is 0 Å². The molecule has 0 bridgehead atoms. The van der Waals surface area contributed by atoms with Crippen molar-refractivity contribution in [1.29, 1.82) is 5.26 Å². The highest BCUT2D eigenvalue weighted by molar-refractivity contribution is 6.30. The first-order valence-electron chi connectivity index (χ1n) is 5.94. The molecule has 1 aromatic rings. The Bertz CT molecular complexity index is 397. The Balaban J connectivity index is 2.81. The summed E-state index contributed by atoms with van der Waals surface area (Å²) in [6.45, 7) is 4.26. The molecular weight excluding hydrogens is 232 g/mol. The molecule has 0 radical (unpaired) electrons. The van der Waals surface area contributed by atoms with E-state index in [4.69, 9.17) is 16.9 Å². The van der Waals surface area contributed by atoms with Gasteiger partial charge in [-0.2, -0.15) is 5.26 Å². The molecule has 0 aliphatic heterocycles. The van der Waals surface area contributed by atoms with E-state index in [1.807, 2.05) is 18.2 Å². The number of rotatable bonds is 5. The number of nitriles is 1. The fraction of sp³-hybridized carbons (Fsp3) is 0.500. The Morgan fingerprint density at radius 1 is 1.47 bits per heavy atom. The number of halogens is 1. The third-order valence-electron chi connectivity index (χ3n) is 3.32. The Morgan fingerprint density at radius 3 is 2.71 bits per heavy atom. The minimum absolute atomic E-state index is 0.270. The van der Waals surface area contributed by atoms with Gasteiger partial charge in [0.05, 0.1) is 12.5 Å². The van der Waals surface area contributed by atoms with E-state index in [0.29, 0.717) is 12.5 Å². The van der Waals surface area contributed by atoms with Crippen molar-refractivity contribution < 1.29 is 0 Å². The van der Waals surface area contributed by atoms with Gasteiger partial charge in [-0.3, -0.25) is 4.90 Å². The molecular formula is C14H19ClN2. The monoisotopic (exact) mass is 250 g/mol. The van der Waals surface area contributed by atoms with Crippen LogP contribution in [-0.2, 0) is 0 Å². The molecule has 2 unspecified atom stereocenters. The maximum atomic E-state index is 8.82. The van der Waals surface area contributed by atoms with Gasteiger partial charge < -0.3 is 0 Å². The van der Waals surface area contributed by atoms with Crippen LogP contribution < -0.4 is 0 Å². The van der Waals surface area contributed by atoms with Crippen LogP contribution in [0.15, 0.2) is 24.3 Å². The minimum Gasteiger partial charge on any atom is -0.296 e. The van der Waals surface area contributed by atoms with E-state index in [1.54, 1.807) is 0 Å². The average Bonchev–Trinajstić information content (AvgIpc) is 2.34. The van der Waals surface area contributed by atoms with E-state index in [1.165, 1.54) is 5.56 Å². The van der Waals surface area contributed by atoms with E-state index < -0.39 is 0 Å². The van der Waals surface area contributed by atoms with Crippen molar-refractivity contribution in [3.63, 3.8) is 0 Å². The summed E-state index contributed by atoms with van der Waals surface area (Å²) in [7, 11) is 2.07. The number of hydrogen-bond donors (Lipinski definition) is 0. The van der Waals surface area contributed by atoms with Crippen LogP contribution in [0.4, 0.5) is 0 Å². The molecule has 0 saturated carbocycles. The van der Waals surface area contributed by atoms with Crippen LogP contribution in [0.2, 0.25) is 5.02 Å². The van der Waals surface area contributed by atoms with Gasteiger partial charge in [0, 0.05) is 17.1 Å². The third-order valence-corrected chi connectivity index (χ3v) is 3.55. The van der Waals surface area contributed by atoms with Gasteiger partial charge in [0.15, 0.2) is 0 Å². The molecule has 2 nitrogen and oxygen atoms in total. The van der Waals surface area contributed by atoms with E-state index in [-0.39, 0.29) is 6.04 Å². The Hall–Kier alpha value is -1.04. The predicted molar refractivity (Wildman–Crippen MR) is 71.9 cm³/mol. The standard InChI is InChI=1S/C14H19ClN2/c1-4-14(8-9-16)17(3)11(2)12-6-5-7-13(15)10-12/h5-7,10-11,14H,4,8H2,1-3H3. The fourth-order valence-corrected chi connectivity index (χ4v) is 2.20. The summed E-state index contributed by atoms with van der Waals surface area (Å²) >= 11 is 6.00. The van der Waals surface area contributed by atoms with Gasteiger partial charge >= 0.3 is 0 Å². The molecule has 2 atom stereocenters. The van der Waals surface area contributed by atoms with Gasteiger partial charge in [0.2, 0.25) is 0 Å². The molecule has 1 aromatic carbocycles. The second kappa shape index (κ2) is 6.64. The molecule has 0 saturated heterocycles. The van der Waals surface area contributed by atoms with Gasteiger partial charge in [-0.25, -0.2) is 0 Å². The van der Waals surface area contributed by atoms with Gasteiger partial charge in [-0.1, -0.05) is 30.7 Å². The Labute approximate surface area is 109 Å². The lowest BCUT2D eigenvalue weighted by molar-refractivity contribution is 0.182. The lowest BCUT2D eigenvalue weighted by atomic mass is 10.0. The third kappa shape index (κ3) is 3.73. The zero-order valence-corrected chi connectivity index (χ0v) is 11.4. The zero-order valence-electron chi connectivity index (χ0n) is 10.7. The summed E-state index contributed by atoms with van der Waals surface area (Å²) in [5.74, 6) is 0. The van der Waals surface area contributed by atoms with E-state index in [9.17, 15) is 0 Å². The van der Waals surface area contributed by atoms with Crippen molar-refractivity contribution in [3.05, 3.63) is 34.9 Å². The summed E-state index contributed by atoms with van der Waals surface area (Å²) < 4.78 is 0. The fourth-order valence-electron chi connectivity index (χ4n) is 2.00. The summed E-state index contributed by atoms with van der Waals surface area (Å²) in [6, 6.07) is 10.7. The molecule has 0 aliphatic rings. The first-order chi connectivity index (χ1) is 8.10. The SMILES string of the molecule is CCC(CC#N)N(C)C(C)c1cccc(Cl)c1. The average molecular weight is 251 g/mol. The molecule has 1 rings (SSSR count). The molecule has 0 aromatic heterocycles. The van der Waals surface area contributed by atoms with Crippen LogP contribution >= 0.6 is 11.6 Å². The number of nitrogens with zero attached hydrogens (tertiary/aromatic N) is 2. The van der Waals surface area contributed by atoms with Crippen molar-refractivity contribution >= 4 is 11.6 Å². The molecule has 17 heavy (non-hydrogen) atoms. The summed E-state index contributed by atoms with van der Waals surface area (Å²) in [5.41, 5.74) is 1.19. The Morgan fingerprint density at radius 2 is 2.18 bits per heavy atom. The van der Waals surface area contributed by atoms with Crippen molar-refractivity contribution in [3.8, 4) is 6.07 Å². The zero-order chi connectivity index (χ0) is 12.8. The smallest absolute Gasteiger partial charge is 0.0638 e. The molecule has 0 amide bonds. The Kier molecular flexibility index (Phi) is 5.47. The molecule has 0 N–H and O–H groups in total. The molecule has 0 heterocycles. The van der Waals surface area contributed by atoms with Crippen molar-refractivity contribution in [2.45, 2.75) is 38.8 Å². The lowest BCUT2D eigenvalue weighted by Gasteiger charge is -2.31. The second-order valence-electron chi connectivity index (χ2n) is 4.32. The molecule has 0 fully saturated rings.